The lowest BCUT2D eigenvalue weighted by Crippen LogP contribution is -2.25. The second-order valence-corrected chi connectivity index (χ2v) is 5.89. The second kappa shape index (κ2) is 7.18. The molecule has 7 nitrogen and oxygen atoms in total. The third kappa shape index (κ3) is 3.46. The number of hydrogen-bond donors (Lipinski definition) is 1. The average Bonchev–Trinajstić information content (AvgIpc) is 3.32. The molecule has 26 heavy (non-hydrogen) atoms. The first-order valence-electron chi connectivity index (χ1n) is 8.30. The quantitative estimate of drug-likeness (QED) is 0.579. The molecule has 0 radical (unpaired) electrons. The van der Waals surface area contributed by atoms with E-state index >= 15 is 0 Å². The Kier molecular flexibility index (Phi) is 4.42. The zero-order chi connectivity index (χ0) is 17.8. The number of imidazole rings is 1. The molecule has 1 amide bonds. The highest BCUT2D eigenvalue weighted by atomic mass is 16.3. The van der Waals surface area contributed by atoms with Gasteiger partial charge in [0.25, 0.3) is 5.91 Å². The molecule has 0 aliphatic carbocycles. The Morgan fingerprint density at radius 3 is 2.96 bits per heavy atom. The van der Waals surface area contributed by atoms with Gasteiger partial charge >= 0.3 is 0 Å². The van der Waals surface area contributed by atoms with Crippen LogP contribution in [0.1, 0.15) is 21.7 Å². The van der Waals surface area contributed by atoms with E-state index in [9.17, 15) is 4.79 Å². The standard InChI is InChI=1S/C19H17N5O2/c25-19(21-7-5-16-4-2-8-26-16)15-9-17-18(22-11-15)24(13-23-17)12-14-3-1-6-20-10-14/h1-4,6,8-11,13H,5,7,12H2,(H,21,25). The third-order valence-corrected chi connectivity index (χ3v) is 4.03. The van der Waals surface area contributed by atoms with Crippen LogP contribution in [0.4, 0.5) is 0 Å². The fraction of sp³-hybridized carbons (Fsp3) is 0.158. The number of nitrogens with zero attached hydrogens (tertiary/aromatic N) is 4. The first-order chi connectivity index (χ1) is 12.8. The Hall–Kier alpha value is -3.48. The van der Waals surface area contributed by atoms with Gasteiger partial charge in [-0.05, 0) is 29.8 Å². The highest BCUT2D eigenvalue weighted by Crippen LogP contribution is 2.14. The van der Waals surface area contributed by atoms with Gasteiger partial charge in [-0.1, -0.05) is 6.07 Å². The number of nitrogens with one attached hydrogen (secondary N) is 1. The van der Waals surface area contributed by atoms with Crippen molar-refractivity contribution < 1.29 is 9.21 Å². The molecule has 0 atom stereocenters. The van der Waals surface area contributed by atoms with Crippen LogP contribution < -0.4 is 5.32 Å². The van der Waals surface area contributed by atoms with Crippen molar-refractivity contribution in [1.29, 1.82) is 0 Å². The van der Waals surface area contributed by atoms with E-state index in [1.54, 1.807) is 31.1 Å². The monoisotopic (exact) mass is 347 g/mol. The lowest BCUT2D eigenvalue weighted by Gasteiger charge is -2.05. The zero-order valence-electron chi connectivity index (χ0n) is 14.0. The summed E-state index contributed by atoms with van der Waals surface area (Å²) in [6.07, 6.45) is 9.12. The van der Waals surface area contributed by atoms with Crippen molar-refractivity contribution in [3.05, 3.63) is 78.4 Å². The van der Waals surface area contributed by atoms with Crippen molar-refractivity contribution in [2.24, 2.45) is 0 Å². The summed E-state index contributed by atoms with van der Waals surface area (Å²) in [6, 6.07) is 9.36. The molecule has 7 heteroatoms. The third-order valence-electron chi connectivity index (χ3n) is 4.03. The Labute approximate surface area is 149 Å². The molecule has 0 saturated carbocycles. The lowest BCUT2D eigenvalue weighted by molar-refractivity contribution is 0.0953. The maximum absolute atomic E-state index is 12.3. The number of carbonyl (C=O) groups excluding carboxylic acids is 1. The minimum atomic E-state index is -0.173. The van der Waals surface area contributed by atoms with E-state index in [1.807, 2.05) is 35.0 Å². The number of carbonyl (C=O) groups is 1. The molecule has 0 fully saturated rings. The van der Waals surface area contributed by atoms with Crippen LogP contribution in [0.25, 0.3) is 11.2 Å². The molecule has 0 unspecified atom stereocenters. The molecule has 4 heterocycles. The van der Waals surface area contributed by atoms with Gasteiger partial charge in [-0.25, -0.2) is 9.97 Å². The van der Waals surface area contributed by atoms with E-state index in [0.717, 1.165) is 17.0 Å². The van der Waals surface area contributed by atoms with E-state index in [-0.39, 0.29) is 5.91 Å². The first kappa shape index (κ1) is 16.0. The van der Waals surface area contributed by atoms with Crippen LogP contribution >= 0.6 is 0 Å². The van der Waals surface area contributed by atoms with Crippen molar-refractivity contribution in [3.8, 4) is 0 Å². The minimum absolute atomic E-state index is 0.173. The molecular weight excluding hydrogens is 330 g/mol. The van der Waals surface area contributed by atoms with Crippen LogP contribution in [0, 0.1) is 0 Å². The van der Waals surface area contributed by atoms with Gasteiger partial charge in [-0.2, -0.15) is 0 Å². The number of furan rings is 1. The molecule has 0 aromatic carbocycles. The van der Waals surface area contributed by atoms with Gasteiger partial charge in [0.2, 0.25) is 0 Å². The summed E-state index contributed by atoms with van der Waals surface area (Å²) < 4.78 is 7.18. The van der Waals surface area contributed by atoms with Gasteiger partial charge in [-0.3, -0.25) is 9.78 Å². The van der Waals surface area contributed by atoms with Gasteiger partial charge in [0, 0.05) is 31.6 Å². The highest BCUT2D eigenvalue weighted by Gasteiger charge is 2.11. The number of fused-ring (bicyclic) bond motifs is 1. The summed E-state index contributed by atoms with van der Waals surface area (Å²) in [5.41, 5.74) is 2.98. The zero-order valence-corrected chi connectivity index (χ0v) is 14.0. The number of amides is 1. The molecule has 1 N–H and O–H groups in total. The fourth-order valence-electron chi connectivity index (χ4n) is 2.73. The maximum Gasteiger partial charge on any atom is 0.252 e. The highest BCUT2D eigenvalue weighted by molar-refractivity contribution is 5.96. The molecule has 0 aliphatic rings. The van der Waals surface area contributed by atoms with Crippen molar-refractivity contribution in [1.82, 2.24) is 24.8 Å². The largest absolute Gasteiger partial charge is 0.469 e. The van der Waals surface area contributed by atoms with Gasteiger partial charge in [0.05, 0.1) is 24.7 Å². The smallest absolute Gasteiger partial charge is 0.252 e. The van der Waals surface area contributed by atoms with Crippen molar-refractivity contribution in [3.63, 3.8) is 0 Å². The van der Waals surface area contributed by atoms with Crippen molar-refractivity contribution in [2.75, 3.05) is 6.54 Å². The molecule has 4 aromatic rings. The molecule has 0 aliphatic heterocycles. The maximum atomic E-state index is 12.3. The van der Waals surface area contributed by atoms with Crippen LogP contribution in [0.2, 0.25) is 0 Å². The average molecular weight is 347 g/mol. The van der Waals surface area contributed by atoms with Gasteiger partial charge in [0.15, 0.2) is 5.65 Å². The predicted molar refractivity (Wildman–Crippen MR) is 95.6 cm³/mol. The van der Waals surface area contributed by atoms with E-state index < -0.39 is 0 Å². The molecule has 0 spiro atoms. The SMILES string of the molecule is O=C(NCCc1ccco1)c1cnc2c(c1)ncn2Cc1cccnc1. The molecule has 0 saturated heterocycles. The van der Waals surface area contributed by atoms with E-state index in [2.05, 4.69) is 20.3 Å². The summed E-state index contributed by atoms with van der Waals surface area (Å²) in [5, 5.41) is 2.87. The Morgan fingerprint density at radius 1 is 1.19 bits per heavy atom. The van der Waals surface area contributed by atoms with Gasteiger partial charge in [-0.15, -0.1) is 0 Å². The summed E-state index contributed by atoms with van der Waals surface area (Å²) in [5.74, 6) is 0.667. The Balaban J connectivity index is 1.45. The second-order valence-electron chi connectivity index (χ2n) is 5.89. The number of aromatic nitrogens is 4. The van der Waals surface area contributed by atoms with E-state index in [1.165, 1.54) is 0 Å². The first-order valence-corrected chi connectivity index (χ1v) is 8.30. The summed E-state index contributed by atoms with van der Waals surface area (Å²) in [7, 11) is 0. The van der Waals surface area contributed by atoms with Crippen molar-refractivity contribution in [2.45, 2.75) is 13.0 Å². The van der Waals surface area contributed by atoms with Gasteiger partial charge in [0.1, 0.15) is 11.3 Å². The van der Waals surface area contributed by atoms with Crippen molar-refractivity contribution >= 4 is 17.1 Å². The molecule has 4 rings (SSSR count). The van der Waals surface area contributed by atoms with Crippen LogP contribution in [0.15, 0.2) is 65.9 Å². The number of hydrogen-bond acceptors (Lipinski definition) is 5. The van der Waals surface area contributed by atoms with Crippen LogP contribution in [-0.4, -0.2) is 32.0 Å². The van der Waals surface area contributed by atoms with Gasteiger partial charge < -0.3 is 14.3 Å². The summed E-state index contributed by atoms with van der Waals surface area (Å²) in [4.78, 5) is 25.2. The Bertz CT molecular complexity index is 1010. The molecule has 0 bridgehead atoms. The minimum Gasteiger partial charge on any atom is -0.469 e. The predicted octanol–water partition coefficient (Wildman–Crippen LogP) is 2.44. The Morgan fingerprint density at radius 2 is 2.15 bits per heavy atom. The fourth-order valence-corrected chi connectivity index (χ4v) is 2.73. The molecule has 4 aromatic heterocycles. The van der Waals surface area contributed by atoms with Crippen LogP contribution in [-0.2, 0) is 13.0 Å². The van der Waals surface area contributed by atoms with E-state index in [4.69, 9.17) is 4.42 Å². The topological polar surface area (TPSA) is 85.8 Å². The lowest BCUT2D eigenvalue weighted by atomic mass is 10.2. The number of rotatable bonds is 6. The summed E-state index contributed by atoms with van der Waals surface area (Å²) >= 11 is 0. The number of pyridine rings is 2. The van der Waals surface area contributed by atoms with Crippen LogP contribution in [0.3, 0.4) is 0 Å². The molecular formula is C19H17N5O2. The normalized spacial score (nSPS) is 10.9. The summed E-state index contributed by atoms with van der Waals surface area (Å²) in [6.45, 7) is 1.13. The molecule has 130 valence electrons. The van der Waals surface area contributed by atoms with Crippen LogP contribution in [0.5, 0.6) is 0 Å². The van der Waals surface area contributed by atoms with E-state index in [0.29, 0.717) is 30.6 Å².